The Labute approximate surface area is 221 Å². The number of carbonyl (C=O) groups is 1. The third-order valence-corrected chi connectivity index (χ3v) is 8.32. The molecular formula is C25H23ClN6O5S. The van der Waals surface area contributed by atoms with E-state index in [2.05, 4.69) is 15.3 Å². The highest BCUT2D eigenvalue weighted by Crippen LogP contribution is 2.24. The molecule has 0 saturated carbocycles. The molecule has 5 aromatic rings. The zero-order valence-electron chi connectivity index (χ0n) is 20.6. The average Bonchev–Trinajstić information content (AvgIpc) is 3.42. The maximum absolute atomic E-state index is 13.4. The summed E-state index contributed by atoms with van der Waals surface area (Å²) in [7, 11) is -0.549. The maximum Gasteiger partial charge on any atom is 0.332 e. The van der Waals surface area contributed by atoms with Gasteiger partial charge in [-0.1, -0.05) is 17.7 Å². The monoisotopic (exact) mass is 554 g/mol. The standard InChI is InChI=1S/C25H23ClN6O5S/c1-14(33)13-38(36,37)17-9-7-15(8-10-17)28-24-29-22-21(30(24)2)23(34)32(25(35)31(22)3)12-16-11-18-19(26)5-4-6-20(18)27-16/h4-11,27H,12-13H2,1-3H3,(H,28,29). The number of ketones is 1. The van der Waals surface area contributed by atoms with Crippen molar-refractivity contribution in [3.8, 4) is 0 Å². The number of hydrogen-bond acceptors (Lipinski definition) is 7. The minimum atomic E-state index is -3.73. The summed E-state index contributed by atoms with van der Waals surface area (Å²) in [6.45, 7) is 1.23. The number of hydrogen-bond donors (Lipinski definition) is 2. The predicted molar refractivity (Wildman–Crippen MR) is 145 cm³/mol. The van der Waals surface area contributed by atoms with Gasteiger partial charge in [0.1, 0.15) is 11.5 Å². The Bertz CT molecular complexity index is 1970. The van der Waals surface area contributed by atoms with Crippen LogP contribution in [0.1, 0.15) is 12.6 Å². The number of anilines is 2. The quantitative estimate of drug-likeness (QED) is 0.315. The van der Waals surface area contributed by atoms with Crippen LogP contribution in [0.15, 0.2) is 63.0 Å². The molecule has 0 saturated heterocycles. The summed E-state index contributed by atoms with van der Waals surface area (Å²) in [6, 6.07) is 13.1. The van der Waals surface area contributed by atoms with Crippen molar-refractivity contribution in [2.75, 3.05) is 11.1 Å². The van der Waals surface area contributed by atoms with Crippen LogP contribution >= 0.6 is 11.6 Å². The number of halogens is 1. The fourth-order valence-electron chi connectivity index (χ4n) is 4.35. The van der Waals surface area contributed by atoms with Gasteiger partial charge in [0.15, 0.2) is 21.0 Å². The smallest absolute Gasteiger partial charge is 0.332 e. The molecule has 0 aliphatic rings. The Kier molecular flexibility index (Phi) is 6.24. The third-order valence-electron chi connectivity index (χ3n) is 6.22. The lowest BCUT2D eigenvalue weighted by Crippen LogP contribution is -2.39. The summed E-state index contributed by atoms with van der Waals surface area (Å²) >= 11 is 6.26. The van der Waals surface area contributed by atoms with Crippen molar-refractivity contribution in [2.24, 2.45) is 14.1 Å². The number of Topliss-reactive ketones (excluding diaryl/α,β-unsaturated/α-hetero) is 1. The Balaban J connectivity index is 1.51. The van der Waals surface area contributed by atoms with Gasteiger partial charge in [-0.15, -0.1) is 0 Å². The van der Waals surface area contributed by atoms with E-state index in [9.17, 15) is 22.8 Å². The second kappa shape index (κ2) is 9.30. The van der Waals surface area contributed by atoms with Crippen LogP contribution in [0.5, 0.6) is 0 Å². The average molecular weight is 555 g/mol. The number of aryl methyl sites for hydroxylation is 2. The molecule has 0 fully saturated rings. The second-order valence-electron chi connectivity index (χ2n) is 9.01. The zero-order chi connectivity index (χ0) is 27.4. The molecule has 2 N–H and O–H groups in total. The van der Waals surface area contributed by atoms with Crippen molar-refractivity contribution in [2.45, 2.75) is 18.4 Å². The third kappa shape index (κ3) is 4.41. The van der Waals surface area contributed by atoms with Gasteiger partial charge in [-0.2, -0.15) is 4.98 Å². The van der Waals surface area contributed by atoms with Crippen molar-refractivity contribution in [3.05, 3.63) is 80.1 Å². The Morgan fingerprint density at radius 3 is 2.45 bits per heavy atom. The first-order valence-electron chi connectivity index (χ1n) is 11.5. The first-order valence-corrected chi connectivity index (χ1v) is 13.5. The van der Waals surface area contributed by atoms with E-state index in [0.717, 1.165) is 15.5 Å². The molecule has 0 unspecified atom stereocenters. The molecule has 0 aliphatic carbocycles. The first-order chi connectivity index (χ1) is 18.0. The number of carbonyl (C=O) groups excluding carboxylic acids is 1. The Morgan fingerprint density at radius 1 is 1.08 bits per heavy atom. The van der Waals surface area contributed by atoms with Crippen LogP contribution < -0.4 is 16.6 Å². The fourth-order valence-corrected chi connectivity index (χ4v) is 5.83. The molecule has 0 radical (unpaired) electrons. The summed E-state index contributed by atoms with van der Waals surface area (Å²) in [6.07, 6.45) is 0. The minimum absolute atomic E-state index is 0.0105. The lowest BCUT2D eigenvalue weighted by atomic mass is 10.2. The minimum Gasteiger partial charge on any atom is -0.357 e. The molecule has 11 nitrogen and oxygen atoms in total. The Hall–Kier alpha value is -4.16. The molecule has 0 aliphatic heterocycles. The van der Waals surface area contributed by atoms with E-state index in [1.807, 2.05) is 18.2 Å². The lowest BCUT2D eigenvalue weighted by Gasteiger charge is -2.08. The van der Waals surface area contributed by atoms with Gasteiger partial charge in [0, 0.05) is 41.4 Å². The van der Waals surface area contributed by atoms with Crippen LogP contribution in [0.25, 0.3) is 22.1 Å². The largest absolute Gasteiger partial charge is 0.357 e. The SMILES string of the molecule is CC(=O)CS(=O)(=O)c1ccc(Nc2nc3c(c(=O)n(Cc4cc5c(Cl)cccc5[nH]4)c(=O)n3C)n2C)cc1. The first kappa shape index (κ1) is 25.5. The molecular weight excluding hydrogens is 532 g/mol. The molecule has 5 rings (SSSR count). The molecule has 13 heteroatoms. The van der Waals surface area contributed by atoms with Crippen molar-refractivity contribution in [1.29, 1.82) is 0 Å². The van der Waals surface area contributed by atoms with Gasteiger partial charge in [0.05, 0.1) is 11.4 Å². The van der Waals surface area contributed by atoms with Crippen LogP contribution in [0.2, 0.25) is 5.02 Å². The van der Waals surface area contributed by atoms with E-state index < -0.39 is 32.6 Å². The van der Waals surface area contributed by atoms with Gasteiger partial charge in [-0.05, 0) is 49.4 Å². The molecule has 3 heterocycles. The number of H-pyrrole nitrogens is 1. The zero-order valence-corrected chi connectivity index (χ0v) is 22.2. The van der Waals surface area contributed by atoms with Crippen LogP contribution in [-0.2, 0) is 35.3 Å². The highest BCUT2D eigenvalue weighted by molar-refractivity contribution is 7.92. The van der Waals surface area contributed by atoms with E-state index in [1.165, 1.54) is 47.4 Å². The van der Waals surface area contributed by atoms with Crippen LogP contribution in [0, 0.1) is 0 Å². The summed E-state index contributed by atoms with van der Waals surface area (Å²) in [4.78, 5) is 45.5. The molecule has 38 heavy (non-hydrogen) atoms. The van der Waals surface area contributed by atoms with E-state index >= 15 is 0 Å². The predicted octanol–water partition coefficient (Wildman–Crippen LogP) is 2.72. The van der Waals surface area contributed by atoms with E-state index in [0.29, 0.717) is 16.4 Å². The number of aromatic nitrogens is 5. The van der Waals surface area contributed by atoms with E-state index in [-0.39, 0.29) is 28.6 Å². The molecule has 3 aromatic heterocycles. The van der Waals surface area contributed by atoms with Gasteiger partial charge in [0.2, 0.25) is 5.95 Å². The van der Waals surface area contributed by atoms with Gasteiger partial charge in [-0.25, -0.2) is 13.2 Å². The number of fused-ring (bicyclic) bond motifs is 2. The highest BCUT2D eigenvalue weighted by Gasteiger charge is 2.20. The van der Waals surface area contributed by atoms with Crippen molar-refractivity contribution >= 4 is 60.9 Å². The number of nitrogens with one attached hydrogen (secondary N) is 2. The van der Waals surface area contributed by atoms with Gasteiger partial charge in [0.25, 0.3) is 5.56 Å². The van der Waals surface area contributed by atoms with Gasteiger partial charge < -0.3 is 14.9 Å². The number of rotatable bonds is 7. The molecule has 0 atom stereocenters. The topological polar surface area (TPSA) is 141 Å². The number of benzene rings is 2. The number of sulfone groups is 1. The second-order valence-corrected chi connectivity index (χ2v) is 11.4. The molecule has 0 spiro atoms. The lowest BCUT2D eigenvalue weighted by molar-refractivity contribution is -0.114. The summed E-state index contributed by atoms with van der Waals surface area (Å²) < 4.78 is 28.5. The number of aromatic amines is 1. The summed E-state index contributed by atoms with van der Waals surface area (Å²) in [5, 5.41) is 4.41. The summed E-state index contributed by atoms with van der Waals surface area (Å²) in [5.74, 6) is -0.741. The van der Waals surface area contributed by atoms with E-state index in [1.54, 1.807) is 13.1 Å². The van der Waals surface area contributed by atoms with Crippen molar-refractivity contribution < 1.29 is 13.2 Å². The normalized spacial score (nSPS) is 11.9. The van der Waals surface area contributed by atoms with Crippen molar-refractivity contribution in [3.63, 3.8) is 0 Å². The van der Waals surface area contributed by atoms with Crippen LogP contribution in [0.3, 0.4) is 0 Å². The van der Waals surface area contributed by atoms with Gasteiger partial charge >= 0.3 is 5.69 Å². The van der Waals surface area contributed by atoms with E-state index in [4.69, 9.17) is 11.6 Å². The van der Waals surface area contributed by atoms with Gasteiger partial charge in [-0.3, -0.25) is 18.7 Å². The summed E-state index contributed by atoms with van der Waals surface area (Å²) in [5.41, 5.74) is 1.31. The Morgan fingerprint density at radius 2 is 1.79 bits per heavy atom. The van der Waals surface area contributed by atoms with Crippen LogP contribution in [-0.4, -0.2) is 43.6 Å². The molecule has 196 valence electrons. The molecule has 0 amide bonds. The fraction of sp³-hybridized carbons (Fsp3) is 0.200. The molecule has 2 aromatic carbocycles. The number of imidazole rings is 1. The number of nitrogens with zero attached hydrogens (tertiary/aromatic N) is 4. The molecule has 0 bridgehead atoms. The maximum atomic E-state index is 13.4. The van der Waals surface area contributed by atoms with Crippen molar-refractivity contribution in [1.82, 2.24) is 23.7 Å². The highest BCUT2D eigenvalue weighted by atomic mass is 35.5. The van der Waals surface area contributed by atoms with Crippen LogP contribution in [0.4, 0.5) is 11.6 Å².